The van der Waals surface area contributed by atoms with Crippen LogP contribution in [0.25, 0.3) is 0 Å². The van der Waals surface area contributed by atoms with Crippen LogP contribution in [0.15, 0.2) is 24.0 Å². The Labute approximate surface area is 124 Å². The molecule has 21 heavy (non-hydrogen) atoms. The zero-order chi connectivity index (χ0) is 15.2. The molecule has 0 saturated carbocycles. The van der Waals surface area contributed by atoms with Gasteiger partial charge in [-0.2, -0.15) is 4.98 Å². The van der Waals surface area contributed by atoms with Gasteiger partial charge in [0.05, 0.1) is 26.0 Å². The predicted octanol–water partition coefficient (Wildman–Crippen LogP) is 1.82. The summed E-state index contributed by atoms with van der Waals surface area (Å²) >= 11 is 0. The van der Waals surface area contributed by atoms with Gasteiger partial charge in [0.25, 0.3) is 0 Å². The van der Waals surface area contributed by atoms with Crippen LogP contribution in [0.4, 0.5) is 0 Å². The highest BCUT2D eigenvalue weighted by molar-refractivity contribution is 5.88. The van der Waals surface area contributed by atoms with Gasteiger partial charge >= 0.3 is 0 Å². The third kappa shape index (κ3) is 4.44. The largest absolute Gasteiger partial charge is 0.480 e. The van der Waals surface area contributed by atoms with Crippen LogP contribution in [0, 0.1) is 0 Å². The number of hydrogen-bond donors (Lipinski definition) is 0. The van der Waals surface area contributed by atoms with Crippen LogP contribution in [0.3, 0.4) is 0 Å². The molecule has 0 unspecified atom stereocenters. The zero-order valence-electron chi connectivity index (χ0n) is 12.7. The lowest BCUT2D eigenvalue weighted by molar-refractivity contribution is -0.128. The first-order chi connectivity index (χ1) is 10.1. The molecule has 1 aliphatic heterocycles. The number of carbonyl (C=O) groups is 1. The van der Waals surface area contributed by atoms with Crippen LogP contribution in [-0.4, -0.2) is 47.1 Å². The Kier molecular flexibility index (Phi) is 5.14. The van der Waals surface area contributed by atoms with Crippen molar-refractivity contribution in [1.29, 1.82) is 0 Å². The van der Waals surface area contributed by atoms with E-state index in [2.05, 4.69) is 9.97 Å². The molecule has 0 radical (unpaired) electrons. The Morgan fingerprint density at radius 2 is 2.14 bits per heavy atom. The third-order valence-electron chi connectivity index (χ3n) is 3.19. The predicted molar refractivity (Wildman–Crippen MR) is 78.2 cm³/mol. The average molecular weight is 291 g/mol. The molecule has 1 aromatic heterocycles. The highest BCUT2D eigenvalue weighted by atomic mass is 16.5. The van der Waals surface area contributed by atoms with E-state index in [-0.39, 0.29) is 12.0 Å². The van der Waals surface area contributed by atoms with Gasteiger partial charge in [-0.3, -0.25) is 9.78 Å². The van der Waals surface area contributed by atoms with Crippen LogP contribution in [0.1, 0.15) is 26.7 Å². The number of likely N-dealkylation sites (tertiary alicyclic amines) is 1. The van der Waals surface area contributed by atoms with Crippen molar-refractivity contribution in [3.05, 3.63) is 24.0 Å². The van der Waals surface area contributed by atoms with Crippen molar-refractivity contribution in [1.82, 2.24) is 14.9 Å². The number of allylic oxidation sites excluding steroid dienone is 1. The van der Waals surface area contributed by atoms with Crippen LogP contribution in [0.5, 0.6) is 11.8 Å². The topological polar surface area (TPSA) is 64.6 Å². The second-order valence-corrected chi connectivity index (χ2v) is 5.29. The highest BCUT2D eigenvalue weighted by Crippen LogP contribution is 2.18. The molecule has 0 aromatic carbocycles. The Hall–Kier alpha value is -2.11. The molecule has 1 saturated heterocycles. The molecule has 0 aliphatic carbocycles. The lowest BCUT2D eigenvalue weighted by Gasteiger charge is -2.32. The number of carbonyl (C=O) groups excluding carboxylic acids is 1. The molecule has 2 heterocycles. The maximum absolute atomic E-state index is 12.1. The van der Waals surface area contributed by atoms with Crippen LogP contribution in [0.2, 0.25) is 0 Å². The van der Waals surface area contributed by atoms with Crippen molar-refractivity contribution < 1.29 is 14.3 Å². The summed E-state index contributed by atoms with van der Waals surface area (Å²) in [6.07, 6.45) is 6.50. The molecule has 1 atom stereocenters. The first kappa shape index (κ1) is 15.3. The standard InChI is InChI=1S/C15H21N3O3/c1-11(2)7-15(19)18-6-4-5-12(10-18)21-14-9-16-8-13(17-14)20-3/h7-9,12H,4-6,10H2,1-3H3/t12-/m1/s1. The van der Waals surface area contributed by atoms with E-state index in [0.29, 0.717) is 18.3 Å². The molecule has 1 fully saturated rings. The van der Waals surface area contributed by atoms with Gasteiger partial charge in [-0.15, -0.1) is 0 Å². The Bertz CT molecular complexity index is 527. The van der Waals surface area contributed by atoms with Crippen molar-refractivity contribution in [2.24, 2.45) is 0 Å². The number of rotatable bonds is 4. The van der Waals surface area contributed by atoms with E-state index in [0.717, 1.165) is 25.0 Å². The summed E-state index contributed by atoms with van der Waals surface area (Å²) in [6, 6.07) is 0. The van der Waals surface area contributed by atoms with E-state index in [1.807, 2.05) is 18.7 Å². The van der Waals surface area contributed by atoms with Gasteiger partial charge in [0.15, 0.2) is 0 Å². The van der Waals surface area contributed by atoms with E-state index < -0.39 is 0 Å². The van der Waals surface area contributed by atoms with Gasteiger partial charge in [-0.25, -0.2) is 0 Å². The van der Waals surface area contributed by atoms with Crippen molar-refractivity contribution in [2.45, 2.75) is 32.8 Å². The molecular formula is C15H21N3O3. The monoisotopic (exact) mass is 291 g/mol. The fraction of sp³-hybridized carbons (Fsp3) is 0.533. The summed E-state index contributed by atoms with van der Waals surface area (Å²) in [5.41, 5.74) is 1.00. The molecule has 0 spiro atoms. The average Bonchev–Trinajstić information content (AvgIpc) is 2.47. The first-order valence-electron chi connectivity index (χ1n) is 7.05. The number of methoxy groups -OCH3 is 1. The summed E-state index contributed by atoms with van der Waals surface area (Å²) in [6.45, 7) is 5.18. The van der Waals surface area contributed by atoms with E-state index in [4.69, 9.17) is 9.47 Å². The van der Waals surface area contributed by atoms with Gasteiger partial charge in [0.2, 0.25) is 17.7 Å². The van der Waals surface area contributed by atoms with Gasteiger partial charge in [0.1, 0.15) is 6.10 Å². The molecular weight excluding hydrogens is 270 g/mol. The molecule has 1 amide bonds. The van der Waals surface area contributed by atoms with Crippen molar-refractivity contribution in [3.63, 3.8) is 0 Å². The molecule has 6 nitrogen and oxygen atoms in total. The number of hydrogen-bond acceptors (Lipinski definition) is 5. The van der Waals surface area contributed by atoms with Gasteiger partial charge in [0, 0.05) is 12.6 Å². The van der Waals surface area contributed by atoms with Crippen LogP contribution >= 0.6 is 0 Å². The summed E-state index contributed by atoms with van der Waals surface area (Å²) in [4.78, 5) is 22.1. The van der Waals surface area contributed by atoms with Crippen LogP contribution < -0.4 is 9.47 Å². The minimum absolute atomic E-state index is 0.0417. The molecule has 114 valence electrons. The van der Waals surface area contributed by atoms with Crippen molar-refractivity contribution >= 4 is 5.91 Å². The lowest BCUT2D eigenvalue weighted by Crippen LogP contribution is -2.43. The second-order valence-electron chi connectivity index (χ2n) is 5.29. The number of aromatic nitrogens is 2. The summed E-state index contributed by atoms with van der Waals surface area (Å²) in [5, 5.41) is 0. The molecule has 6 heteroatoms. The lowest BCUT2D eigenvalue weighted by atomic mass is 10.1. The summed E-state index contributed by atoms with van der Waals surface area (Å²) in [7, 11) is 1.54. The smallest absolute Gasteiger partial charge is 0.246 e. The molecule has 0 bridgehead atoms. The summed E-state index contributed by atoms with van der Waals surface area (Å²) in [5.74, 6) is 0.886. The fourth-order valence-electron chi connectivity index (χ4n) is 2.23. The Morgan fingerprint density at radius 1 is 1.38 bits per heavy atom. The number of piperidine rings is 1. The van der Waals surface area contributed by atoms with Crippen molar-refractivity contribution in [2.75, 3.05) is 20.2 Å². The number of ether oxygens (including phenoxy) is 2. The Balaban J connectivity index is 1.97. The molecule has 0 N–H and O–H groups in total. The van der Waals surface area contributed by atoms with Crippen LogP contribution in [-0.2, 0) is 4.79 Å². The Morgan fingerprint density at radius 3 is 2.86 bits per heavy atom. The van der Waals surface area contributed by atoms with E-state index in [1.54, 1.807) is 12.3 Å². The molecule has 1 aromatic rings. The zero-order valence-corrected chi connectivity index (χ0v) is 12.7. The van der Waals surface area contributed by atoms with E-state index >= 15 is 0 Å². The number of nitrogens with zero attached hydrogens (tertiary/aromatic N) is 3. The van der Waals surface area contributed by atoms with Gasteiger partial charge in [-0.05, 0) is 26.7 Å². The second kappa shape index (κ2) is 7.06. The summed E-state index contributed by atoms with van der Waals surface area (Å²) < 4.78 is 10.8. The van der Waals surface area contributed by atoms with Crippen molar-refractivity contribution in [3.8, 4) is 11.8 Å². The van der Waals surface area contributed by atoms with Gasteiger partial charge < -0.3 is 14.4 Å². The molecule has 2 rings (SSSR count). The third-order valence-corrected chi connectivity index (χ3v) is 3.19. The SMILES string of the molecule is COc1cncc(O[C@@H]2CCCN(C(=O)C=C(C)C)C2)n1. The quantitative estimate of drug-likeness (QED) is 0.792. The normalized spacial score (nSPS) is 18.0. The van der Waals surface area contributed by atoms with E-state index in [9.17, 15) is 4.79 Å². The highest BCUT2D eigenvalue weighted by Gasteiger charge is 2.24. The van der Waals surface area contributed by atoms with Gasteiger partial charge in [-0.1, -0.05) is 5.57 Å². The molecule has 1 aliphatic rings. The maximum atomic E-state index is 12.1. The number of amides is 1. The minimum Gasteiger partial charge on any atom is -0.480 e. The fourth-order valence-corrected chi connectivity index (χ4v) is 2.23. The van der Waals surface area contributed by atoms with E-state index in [1.165, 1.54) is 13.3 Å². The maximum Gasteiger partial charge on any atom is 0.246 e. The minimum atomic E-state index is -0.0605. The first-order valence-corrected chi connectivity index (χ1v) is 7.05.